The molecule has 7 nitrogen and oxygen atoms in total. The number of ether oxygens (including phenoxy) is 1. The molecule has 1 amide bonds. The van der Waals surface area contributed by atoms with Crippen molar-refractivity contribution >= 4 is 17.4 Å². The van der Waals surface area contributed by atoms with E-state index in [9.17, 15) is 19.1 Å². The largest absolute Gasteiger partial charge is 0.507 e. The van der Waals surface area contributed by atoms with Crippen LogP contribution in [0.2, 0.25) is 0 Å². The summed E-state index contributed by atoms with van der Waals surface area (Å²) < 4.78 is 21.1. The maximum absolute atomic E-state index is 13.9. The van der Waals surface area contributed by atoms with Crippen LogP contribution in [0.5, 0.6) is 5.75 Å². The number of aliphatic hydroxyl groups excluding tert-OH is 1. The quantitative estimate of drug-likeness (QED) is 0.349. The molecule has 1 N–H and O–H groups in total. The zero-order valence-electron chi connectivity index (χ0n) is 17.4. The van der Waals surface area contributed by atoms with Gasteiger partial charge in [-0.2, -0.15) is 0 Å². The first-order valence-corrected chi connectivity index (χ1v) is 10.1. The molecule has 1 saturated heterocycles. The number of ketones is 1. The predicted octanol–water partition coefficient (Wildman–Crippen LogP) is 3.54. The normalized spacial score (nSPS) is 17.7. The molecule has 4 rings (SSSR count). The highest BCUT2D eigenvalue weighted by atomic mass is 19.1. The molecule has 0 saturated carbocycles. The van der Waals surface area contributed by atoms with Gasteiger partial charge in [-0.1, -0.05) is 30.3 Å². The molecule has 0 bridgehead atoms. The standard InChI is InChI=1S/C24H22FN3O4/c1-32-19-9-8-17(25)14-18(19)22(29)20-21(16-6-3-2-4-7-16)28(24(31)23(20)30)12-5-11-27-13-10-26-15-27/h2-4,6-10,13-15,21,29H,5,11-12H2,1H3/t21-/m1/s1. The third kappa shape index (κ3) is 3.99. The highest BCUT2D eigenvalue weighted by Gasteiger charge is 2.46. The zero-order valence-corrected chi connectivity index (χ0v) is 17.4. The number of halogens is 1. The van der Waals surface area contributed by atoms with Crippen LogP contribution in [0.25, 0.3) is 5.76 Å². The van der Waals surface area contributed by atoms with E-state index in [1.54, 1.807) is 36.8 Å². The molecule has 1 aromatic heterocycles. The Morgan fingerprint density at radius 2 is 1.94 bits per heavy atom. The maximum atomic E-state index is 13.9. The monoisotopic (exact) mass is 435 g/mol. The number of imidazole rings is 1. The highest BCUT2D eigenvalue weighted by Crippen LogP contribution is 2.41. The van der Waals surface area contributed by atoms with Crippen molar-refractivity contribution in [1.29, 1.82) is 0 Å². The van der Waals surface area contributed by atoms with E-state index in [1.807, 2.05) is 16.8 Å². The van der Waals surface area contributed by atoms with Crippen molar-refractivity contribution in [3.63, 3.8) is 0 Å². The van der Waals surface area contributed by atoms with Gasteiger partial charge in [0.2, 0.25) is 0 Å². The Balaban J connectivity index is 1.76. The van der Waals surface area contributed by atoms with Gasteiger partial charge in [0.25, 0.3) is 11.7 Å². The Labute approximate surface area is 184 Å². The lowest BCUT2D eigenvalue weighted by Crippen LogP contribution is -2.31. The molecule has 0 unspecified atom stereocenters. The Hall–Kier alpha value is -3.94. The number of rotatable bonds is 7. The molecular weight excluding hydrogens is 413 g/mol. The van der Waals surface area contributed by atoms with Crippen LogP contribution in [0, 0.1) is 5.82 Å². The Bertz CT molecular complexity index is 1160. The van der Waals surface area contributed by atoms with Gasteiger partial charge in [-0.05, 0) is 30.2 Å². The molecule has 1 aliphatic heterocycles. The molecule has 32 heavy (non-hydrogen) atoms. The predicted molar refractivity (Wildman–Crippen MR) is 115 cm³/mol. The van der Waals surface area contributed by atoms with E-state index in [0.29, 0.717) is 25.1 Å². The number of likely N-dealkylation sites (tertiary alicyclic amines) is 1. The number of carbonyl (C=O) groups excluding carboxylic acids is 2. The minimum atomic E-state index is -0.815. The van der Waals surface area contributed by atoms with Gasteiger partial charge in [0, 0.05) is 25.5 Å². The molecule has 0 spiro atoms. The molecule has 0 radical (unpaired) electrons. The Morgan fingerprint density at radius 3 is 2.62 bits per heavy atom. The topological polar surface area (TPSA) is 84.7 Å². The first-order chi connectivity index (χ1) is 15.5. The lowest BCUT2D eigenvalue weighted by molar-refractivity contribution is -0.139. The second-order valence-electron chi connectivity index (χ2n) is 7.40. The van der Waals surface area contributed by atoms with Crippen LogP contribution in [0.4, 0.5) is 4.39 Å². The summed E-state index contributed by atoms with van der Waals surface area (Å²) in [6, 6.07) is 11.8. The molecule has 1 fully saturated rings. The highest BCUT2D eigenvalue weighted by molar-refractivity contribution is 6.46. The smallest absolute Gasteiger partial charge is 0.295 e. The fraction of sp³-hybridized carbons (Fsp3) is 0.208. The maximum Gasteiger partial charge on any atom is 0.295 e. The number of hydrogen-bond donors (Lipinski definition) is 1. The fourth-order valence-corrected chi connectivity index (χ4v) is 3.95. The molecule has 1 atom stereocenters. The summed E-state index contributed by atoms with van der Waals surface area (Å²) >= 11 is 0. The van der Waals surface area contributed by atoms with Crippen molar-refractivity contribution in [2.45, 2.75) is 19.0 Å². The van der Waals surface area contributed by atoms with Crippen LogP contribution in [0.3, 0.4) is 0 Å². The number of aryl methyl sites for hydroxylation is 1. The average molecular weight is 435 g/mol. The number of nitrogens with zero attached hydrogens (tertiary/aromatic N) is 3. The molecular formula is C24H22FN3O4. The first kappa shape index (κ1) is 21.3. The van der Waals surface area contributed by atoms with Gasteiger partial charge in [0.1, 0.15) is 17.3 Å². The minimum absolute atomic E-state index is 0.0184. The Kier molecular flexibility index (Phi) is 6.02. The van der Waals surface area contributed by atoms with E-state index < -0.39 is 29.3 Å². The Morgan fingerprint density at radius 1 is 1.16 bits per heavy atom. The van der Waals surface area contributed by atoms with Gasteiger partial charge in [0.05, 0.1) is 30.6 Å². The van der Waals surface area contributed by atoms with E-state index in [0.717, 1.165) is 6.07 Å². The van der Waals surface area contributed by atoms with Gasteiger partial charge in [0.15, 0.2) is 0 Å². The number of aliphatic hydroxyl groups is 1. The minimum Gasteiger partial charge on any atom is -0.507 e. The summed E-state index contributed by atoms with van der Waals surface area (Å²) in [6.07, 6.45) is 5.75. The molecule has 8 heteroatoms. The zero-order chi connectivity index (χ0) is 22.7. The lowest BCUT2D eigenvalue weighted by Gasteiger charge is -2.25. The second-order valence-corrected chi connectivity index (χ2v) is 7.40. The van der Waals surface area contributed by atoms with Crippen LogP contribution in [-0.4, -0.2) is 44.9 Å². The van der Waals surface area contributed by atoms with E-state index in [-0.39, 0.29) is 16.9 Å². The number of hydrogen-bond acceptors (Lipinski definition) is 5. The van der Waals surface area contributed by atoms with Gasteiger partial charge in [-0.15, -0.1) is 0 Å². The summed E-state index contributed by atoms with van der Waals surface area (Å²) in [7, 11) is 1.38. The van der Waals surface area contributed by atoms with Gasteiger partial charge < -0.3 is 19.3 Å². The summed E-state index contributed by atoms with van der Waals surface area (Å²) in [5.41, 5.74) is 0.601. The second kappa shape index (κ2) is 9.05. The molecule has 2 heterocycles. The van der Waals surface area contributed by atoms with Crippen molar-refractivity contribution in [3.05, 3.63) is 89.8 Å². The van der Waals surface area contributed by atoms with Crippen LogP contribution in [0.1, 0.15) is 23.6 Å². The number of benzene rings is 2. The molecule has 1 aliphatic rings. The third-order valence-electron chi connectivity index (χ3n) is 5.45. The SMILES string of the molecule is COc1ccc(F)cc1C(O)=C1C(=O)C(=O)N(CCCn2ccnc2)[C@@H]1c1ccccc1. The molecule has 164 valence electrons. The van der Waals surface area contributed by atoms with Crippen molar-refractivity contribution in [2.75, 3.05) is 13.7 Å². The van der Waals surface area contributed by atoms with E-state index in [1.165, 1.54) is 24.1 Å². The van der Waals surface area contributed by atoms with Crippen molar-refractivity contribution < 1.29 is 23.8 Å². The van der Waals surface area contributed by atoms with Crippen LogP contribution in [0.15, 0.2) is 72.8 Å². The van der Waals surface area contributed by atoms with Crippen LogP contribution < -0.4 is 4.74 Å². The molecule has 3 aromatic rings. The van der Waals surface area contributed by atoms with Crippen molar-refractivity contribution in [1.82, 2.24) is 14.5 Å². The lowest BCUT2D eigenvalue weighted by atomic mass is 9.95. The summed E-state index contributed by atoms with van der Waals surface area (Å²) in [6.45, 7) is 0.904. The van der Waals surface area contributed by atoms with E-state index in [4.69, 9.17) is 4.74 Å². The number of Topliss-reactive ketones (excluding diaryl/α,β-unsaturated/α-hetero) is 1. The fourth-order valence-electron chi connectivity index (χ4n) is 3.95. The first-order valence-electron chi connectivity index (χ1n) is 10.1. The summed E-state index contributed by atoms with van der Waals surface area (Å²) in [5, 5.41) is 11.1. The van der Waals surface area contributed by atoms with E-state index in [2.05, 4.69) is 4.98 Å². The third-order valence-corrected chi connectivity index (χ3v) is 5.45. The number of carbonyl (C=O) groups is 2. The van der Waals surface area contributed by atoms with Crippen molar-refractivity contribution in [3.8, 4) is 5.75 Å². The van der Waals surface area contributed by atoms with Crippen LogP contribution in [-0.2, 0) is 16.1 Å². The van der Waals surface area contributed by atoms with Crippen LogP contribution >= 0.6 is 0 Å². The summed E-state index contributed by atoms with van der Waals surface area (Å²) in [5.74, 6) is -2.39. The number of methoxy groups -OCH3 is 1. The van der Waals surface area contributed by atoms with Gasteiger partial charge in [-0.3, -0.25) is 9.59 Å². The van der Waals surface area contributed by atoms with Crippen molar-refractivity contribution in [2.24, 2.45) is 0 Å². The summed E-state index contributed by atoms with van der Waals surface area (Å²) in [4.78, 5) is 31.4. The number of amides is 1. The number of aromatic nitrogens is 2. The van der Waals surface area contributed by atoms with Gasteiger partial charge >= 0.3 is 0 Å². The average Bonchev–Trinajstić information content (AvgIpc) is 3.41. The molecule has 0 aliphatic carbocycles. The molecule has 2 aromatic carbocycles. The van der Waals surface area contributed by atoms with Gasteiger partial charge in [-0.25, -0.2) is 9.37 Å². The van der Waals surface area contributed by atoms with E-state index >= 15 is 0 Å².